The molecule has 3 atom stereocenters. The van der Waals surface area contributed by atoms with Gasteiger partial charge in [-0.05, 0) is 32.0 Å². The largest absolute Gasteiger partial charge is 0.455 e. The molecule has 2 rings (SSSR count). The molecule has 0 N–H and O–H groups in total. The Morgan fingerprint density at radius 3 is 2.43 bits per heavy atom. The minimum atomic E-state index is -2.01. The molecule has 0 aliphatic carbocycles. The molecule has 0 radical (unpaired) electrons. The molecule has 0 aromatic heterocycles. The summed E-state index contributed by atoms with van der Waals surface area (Å²) in [6.45, 7) is 14.9. The van der Waals surface area contributed by atoms with Crippen molar-refractivity contribution in [2.75, 3.05) is 6.61 Å². The number of fused-ring (bicyclic) bond motifs is 1. The lowest BCUT2D eigenvalue weighted by Crippen LogP contribution is -2.58. The lowest BCUT2D eigenvalue weighted by Gasteiger charge is -2.46. The van der Waals surface area contributed by atoms with Gasteiger partial charge in [-0.25, -0.2) is 4.79 Å². The molecule has 0 bridgehead atoms. The molecule has 21 heavy (non-hydrogen) atoms. The van der Waals surface area contributed by atoms with E-state index < -0.39 is 20.2 Å². The van der Waals surface area contributed by atoms with Gasteiger partial charge >= 0.3 is 5.97 Å². The van der Waals surface area contributed by atoms with Crippen molar-refractivity contribution in [3.05, 3.63) is 0 Å². The lowest BCUT2D eigenvalue weighted by atomic mass is 10.0. The summed E-state index contributed by atoms with van der Waals surface area (Å²) < 4.78 is 23.1. The van der Waals surface area contributed by atoms with Gasteiger partial charge < -0.3 is 18.6 Å². The highest BCUT2D eigenvalue weighted by Crippen LogP contribution is 2.39. The predicted octanol–water partition coefficient (Wildman–Crippen LogP) is 2.84. The van der Waals surface area contributed by atoms with Crippen LogP contribution in [0, 0.1) is 0 Å². The van der Waals surface area contributed by atoms with E-state index in [4.69, 9.17) is 18.6 Å². The number of carbonyl (C=O) groups is 1. The van der Waals surface area contributed by atoms with Gasteiger partial charge in [0, 0.05) is 6.42 Å². The van der Waals surface area contributed by atoms with Crippen LogP contribution in [-0.2, 0) is 23.4 Å². The fraction of sp³-hybridized carbons (Fsp3) is 0.933. The highest BCUT2D eigenvalue weighted by Gasteiger charge is 2.48. The zero-order valence-electron chi connectivity index (χ0n) is 14.2. The van der Waals surface area contributed by atoms with E-state index in [9.17, 15) is 4.79 Å². The second-order valence-electron chi connectivity index (χ2n) is 7.94. The summed E-state index contributed by atoms with van der Waals surface area (Å²) in [5.74, 6) is -0.917. The number of esters is 1. The van der Waals surface area contributed by atoms with Crippen LogP contribution in [0.5, 0.6) is 0 Å². The van der Waals surface area contributed by atoms with Crippen LogP contribution in [0.1, 0.15) is 41.0 Å². The van der Waals surface area contributed by atoms with Crippen LogP contribution in [0.4, 0.5) is 0 Å². The molecule has 2 fully saturated rings. The van der Waals surface area contributed by atoms with Gasteiger partial charge in [0.2, 0.25) is 0 Å². The van der Waals surface area contributed by atoms with E-state index >= 15 is 0 Å². The second kappa shape index (κ2) is 5.33. The highest BCUT2D eigenvalue weighted by molar-refractivity contribution is 6.74. The first kappa shape index (κ1) is 16.9. The normalized spacial score (nSPS) is 33.3. The third-order valence-electron chi connectivity index (χ3n) is 4.66. The van der Waals surface area contributed by atoms with E-state index in [1.807, 2.05) is 13.8 Å². The number of ether oxygens (including phenoxy) is 3. The van der Waals surface area contributed by atoms with Crippen LogP contribution in [0.15, 0.2) is 0 Å². The Labute approximate surface area is 128 Å². The van der Waals surface area contributed by atoms with E-state index in [0.717, 1.165) is 0 Å². The average Bonchev–Trinajstić information content (AvgIpc) is 2.28. The number of rotatable bonds is 2. The summed E-state index contributed by atoms with van der Waals surface area (Å²) in [6.07, 6.45) is -0.449. The third-order valence-corrected chi connectivity index (χ3v) is 9.15. The van der Waals surface area contributed by atoms with E-state index in [0.29, 0.717) is 13.0 Å². The highest BCUT2D eigenvalue weighted by atomic mass is 28.4. The number of carbonyl (C=O) groups excluding carboxylic acids is 1. The van der Waals surface area contributed by atoms with Gasteiger partial charge in [0.15, 0.2) is 20.2 Å². The second-order valence-corrected chi connectivity index (χ2v) is 12.7. The van der Waals surface area contributed by atoms with Gasteiger partial charge in [0.05, 0.1) is 6.61 Å². The minimum Gasteiger partial charge on any atom is -0.455 e. The Morgan fingerprint density at radius 2 is 1.86 bits per heavy atom. The summed E-state index contributed by atoms with van der Waals surface area (Å²) in [6, 6.07) is 0. The van der Waals surface area contributed by atoms with Crippen molar-refractivity contribution >= 4 is 14.3 Å². The number of hydrogen-bond acceptors (Lipinski definition) is 5. The van der Waals surface area contributed by atoms with Gasteiger partial charge in [-0.2, -0.15) is 0 Å². The molecule has 5 nitrogen and oxygen atoms in total. The summed E-state index contributed by atoms with van der Waals surface area (Å²) in [4.78, 5) is 12.2. The van der Waals surface area contributed by atoms with Gasteiger partial charge in [-0.3, -0.25) is 0 Å². The molecular weight excluding hydrogens is 288 g/mol. The minimum absolute atomic E-state index is 0.0555. The Kier molecular flexibility index (Phi) is 4.30. The molecule has 0 spiro atoms. The fourth-order valence-corrected chi connectivity index (χ4v) is 3.59. The maximum Gasteiger partial charge on any atom is 0.334 e. The van der Waals surface area contributed by atoms with Crippen molar-refractivity contribution in [2.24, 2.45) is 0 Å². The molecule has 0 aromatic rings. The summed E-state index contributed by atoms with van der Waals surface area (Å²) in [5, 5.41) is 0.0555. The van der Waals surface area contributed by atoms with Crippen molar-refractivity contribution < 1.29 is 23.4 Å². The maximum atomic E-state index is 12.2. The first-order valence-corrected chi connectivity index (χ1v) is 10.5. The van der Waals surface area contributed by atoms with Gasteiger partial charge in [-0.15, -0.1) is 0 Å². The molecule has 0 saturated carbocycles. The van der Waals surface area contributed by atoms with Crippen molar-refractivity contribution in [1.82, 2.24) is 0 Å². The van der Waals surface area contributed by atoms with E-state index in [2.05, 4.69) is 33.9 Å². The third kappa shape index (κ3) is 3.67. The SMILES string of the molecule is CC1(C)OC[C@H]2OC(=O)[C@H](O[Si](C)(C)C(C)(C)C)C[C@@H]2O1. The molecule has 0 aromatic carbocycles. The molecule has 2 saturated heterocycles. The van der Waals surface area contributed by atoms with E-state index in [-0.39, 0.29) is 23.2 Å². The molecule has 0 amide bonds. The maximum absolute atomic E-state index is 12.2. The van der Waals surface area contributed by atoms with Gasteiger partial charge in [-0.1, -0.05) is 20.8 Å². The number of hydrogen-bond donors (Lipinski definition) is 0. The molecule has 0 unspecified atom stereocenters. The van der Waals surface area contributed by atoms with Crippen molar-refractivity contribution in [3.63, 3.8) is 0 Å². The summed E-state index contributed by atoms with van der Waals surface area (Å²) in [7, 11) is -2.01. The fourth-order valence-electron chi connectivity index (χ4n) is 2.34. The summed E-state index contributed by atoms with van der Waals surface area (Å²) >= 11 is 0. The van der Waals surface area contributed by atoms with Crippen LogP contribution in [0.25, 0.3) is 0 Å². The predicted molar refractivity (Wildman–Crippen MR) is 81.5 cm³/mol. The van der Waals surface area contributed by atoms with E-state index in [1.165, 1.54) is 0 Å². The first-order valence-electron chi connectivity index (χ1n) is 7.61. The van der Waals surface area contributed by atoms with Crippen LogP contribution in [0.3, 0.4) is 0 Å². The van der Waals surface area contributed by atoms with E-state index in [1.54, 1.807) is 0 Å². The Balaban J connectivity index is 2.07. The first-order chi connectivity index (χ1) is 9.41. The quantitative estimate of drug-likeness (QED) is 0.579. The zero-order valence-corrected chi connectivity index (χ0v) is 15.2. The monoisotopic (exact) mass is 316 g/mol. The van der Waals surface area contributed by atoms with Gasteiger partial charge in [0.1, 0.15) is 12.2 Å². The molecule has 6 heteroatoms. The average molecular weight is 316 g/mol. The molecular formula is C15H28O5Si. The van der Waals surface area contributed by atoms with Crippen LogP contribution in [-0.4, -0.2) is 45.0 Å². The molecule has 2 heterocycles. The topological polar surface area (TPSA) is 54.0 Å². The molecule has 2 aliphatic heterocycles. The van der Waals surface area contributed by atoms with Crippen molar-refractivity contribution in [1.29, 1.82) is 0 Å². The Hall–Kier alpha value is -0.433. The standard InChI is InChI=1S/C15H28O5Si/c1-14(2,3)21(6,7)20-11-8-10-12(18-13(11)16)9-17-15(4,5)19-10/h10-12H,8-9H2,1-7H3/t10-,11+,12+/m0/s1. The smallest absolute Gasteiger partial charge is 0.334 e. The van der Waals surface area contributed by atoms with Crippen molar-refractivity contribution in [3.8, 4) is 0 Å². The van der Waals surface area contributed by atoms with Crippen LogP contribution in [0.2, 0.25) is 18.1 Å². The Morgan fingerprint density at radius 1 is 1.24 bits per heavy atom. The zero-order chi connectivity index (χ0) is 16.1. The van der Waals surface area contributed by atoms with Gasteiger partial charge in [0.25, 0.3) is 0 Å². The lowest BCUT2D eigenvalue weighted by molar-refractivity contribution is -0.317. The van der Waals surface area contributed by atoms with Crippen LogP contribution >= 0.6 is 0 Å². The Bertz CT molecular complexity index is 413. The van der Waals surface area contributed by atoms with Crippen LogP contribution < -0.4 is 0 Å². The summed E-state index contributed by atoms with van der Waals surface area (Å²) in [5.41, 5.74) is 0. The molecule has 2 aliphatic rings. The molecule has 122 valence electrons. The van der Waals surface area contributed by atoms with Crippen molar-refractivity contribution in [2.45, 2.75) is 83.3 Å².